The fraction of sp³-hybridized carbons (Fsp3) is 0.882. The highest BCUT2D eigenvalue weighted by Crippen LogP contribution is 2.19. The Morgan fingerprint density at radius 3 is 2.30 bits per heavy atom. The SMILES string of the molecule is C=C(CCC)N1CCN(C2CCCN(C)C2)CC1.CC. The van der Waals surface area contributed by atoms with Gasteiger partial charge in [-0.05, 0) is 32.9 Å². The van der Waals surface area contributed by atoms with Gasteiger partial charge < -0.3 is 9.80 Å². The first-order valence-corrected chi connectivity index (χ1v) is 8.56. The summed E-state index contributed by atoms with van der Waals surface area (Å²) in [5.74, 6) is 0. The minimum Gasteiger partial charge on any atom is -0.373 e. The third kappa shape index (κ3) is 5.10. The molecule has 1 atom stereocenters. The van der Waals surface area contributed by atoms with Crippen LogP contribution < -0.4 is 0 Å². The molecule has 2 saturated heterocycles. The van der Waals surface area contributed by atoms with E-state index in [9.17, 15) is 0 Å². The molecule has 3 heteroatoms. The molecule has 20 heavy (non-hydrogen) atoms. The van der Waals surface area contributed by atoms with Crippen molar-refractivity contribution < 1.29 is 0 Å². The maximum Gasteiger partial charge on any atom is 0.0303 e. The van der Waals surface area contributed by atoms with Crippen LogP contribution in [0.25, 0.3) is 0 Å². The smallest absolute Gasteiger partial charge is 0.0303 e. The number of piperidine rings is 1. The van der Waals surface area contributed by atoms with E-state index in [0.29, 0.717) is 0 Å². The van der Waals surface area contributed by atoms with Gasteiger partial charge in [0, 0.05) is 44.5 Å². The van der Waals surface area contributed by atoms with Crippen molar-refractivity contribution in [2.75, 3.05) is 46.3 Å². The minimum atomic E-state index is 0.797. The van der Waals surface area contributed by atoms with Gasteiger partial charge in [0.15, 0.2) is 0 Å². The second-order valence-electron chi connectivity index (χ2n) is 5.90. The van der Waals surface area contributed by atoms with Crippen LogP contribution in [0.3, 0.4) is 0 Å². The third-order valence-corrected chi connectivity index (χ3v) is 4.42. The lowest BCUT2D eigenvalue weighted by molar-refractivity contribution is 0.0696. The molecule has 3 nitrogen and oxygen atoms in total. The van der Waals surface area contributed by atoms with E-state index in [4.69, 9.17) is 0 Å². The Hall–Kier alpha value is -0.540. The number of nitrogens with zero attached hydrogens (tertiary/aromatic N) is 3. The largest absolute Gasteiger partial charge is 0.373 e. The number of piperazine rings is 1. The van der Waals surface area contributed by atoms with Gasteiger partial charge in [-0.15, -0.1) is 0 Å². The average Bonchev–Trinajstić information content (AvgIpc) is 2.50. The van der Waals surface area contributed by atoms with Gasteiger partial charge in [0.05, 0.1) is 0 Å². The van der Waals surface area contributed by atoms with Crippen LogP contribution in [-0.4, -0.2) is 67.1 Å². The van der Waals surface area contributed by atoms with Crippen LogP contribution in [0.5, 0.6) is 0 Å². The molecule has 2 aliphatic rings. The summed E-state index contributed by atoms with van der Waals surface area (Å²) in [7, 11) is 2.26. The third-order valence-electron chi connectivity index (χ3n) is 4.42. The molecule has 2 rings (SSSR count). The molecular weight excluding hydrogens is 246 g/mol. The summed E-state index contributed by atoms with van der Waals surface area (Å²) in [5.41, 5.74) is 1.35. The molecule has 118 valence electrons. The first kappa shape index (κ1) is 17.5. The normalized spacial score (nSPS) is 25.0. The standard InChI is InChI=1S/C15H29N3.C2H6/c1-4-6-14(2)17-9-11-18(12-10-17)15-7-5-8-16(3)13-15;1-2/h15H,2,4-13H2,1,3H3;1-2H3. The molecule has 0 aromatic carbocycles. The molecule has 0 aromatic rings. The van der Waals surface area contributed by atoms with Crippen LogP contribution in [-0.2, 0) is 0 Å². The van der Waals surface area contributed by atoms with E-state index < -0.39 is 0 Å². The molecule has 0 N–H and O–H groups in total. The van der Waals surface area contributed by atoms with Crippen LogP contribution in [0.4, 0.5) is 0 Å². The number of rotatable bonds is 4. The summed E-state index contributed by atoms with van der Waals surface area (Å²) in [6.07, 6.45) is 5.13. The maximum atomic E-state index is 4.22. The van der Waals surface area contributed by atoms with E-state index in [1.54, 1.807) is 0 Å². The molecule has 0 spiro atoms. The first-order valence-electron chi connectivity index (χ1n) is 8.56. The maximum absolute atomic E-state index is 4.22. The van der Waals surface area contributed by atoms with Crippen molar-refractivity contribution >= 4 is 0 Å². The second kappa shape index (κ2) is 9.41. The van der Waals surface area contributed by atoms with Gasteiger partial charge in [0.1, 0.15) is 0 Å². The lowest BCUT2D eigenvalue weighted by Gasteiger charge is -2.43. The van der Waals surface area contributed by atoms with Gasteiger partial charge in [-0.25, -0.2) is 0 Å². The van der Waals surface area contributed by atoms with E-state index >= 15 is 0 Å². The average molecular weight is 281 g/mol. The summed E-state index contributed by atoms with van der Waals surface area (Å²) in [4.78, 5) is 7.68. The molecule has 0 radical (unpaired) electrons. The molecule has 2 heterocycles. The van der Waals surface area contributed by atoms with Crippen LogP contribution in [0, 0.1) is 0 Å². The zero-order valence-corrected chi connectivity index (χ0v) is 14.2. The van der Waals surface area contributed by atoms with Gasteiger partial charge in [0.25, 0.3) is 0 Å². The highest BCUT2D eigenvalue weighted by atomic mass is 15.3. The number of likely N-dealkylation sites (tertiary alicyclic amines) is 1. The Morgan fingerprint density at radius 1 is 1.10 bits per heavy atom. The Kier molecular flexibility index (Phi) is 8.24. The van der Waals surface area contributed by atoms with Crippen LogP contribution in [0.1, 0.15) is 46.5 Å². The van der Waals surface area contributed by atoms with Gasteiger partial charge in [-0.3, -0.25) is 4.90 Å². The van der Waals surface area contributed by atoms with Crippen LogP contribution in [0.15, 0.2) is 12.3 Å². The number of allylic oxidation sites excluding steroid dienone is 1. The van der Waals surface area contributed by atoms with Gasteiger partial charge in [0.2, 0.25) is 0 Å². The number of hydrogen-bond donors (Lipinski definition) is 0. The second-order valence-corrected chi connectivity index (χ2v) is 5.90. The van der Waals surface area contributed by atoms with Gasteiger partial charge in [-0.1, -0.05) is 33.8 Å². The van der Waals surface area contributed by atoms with Gasteiger partial charge in [-0.2, -0.15) is 0 Å². The molecule has 2 aliphatic heterocycles. The topological polar surface area (TPSA) is 9.72 Å². The van der Waals surface area contributed by atoms with E-state index in [1.807, 2.05) is 13.8 Å². The van der Waals surface area contributed by atoms with Crippen molar-refractivity contribution in [3.8, 4) is 0 Å². The minimum absolute atomic E-state index is 0.797. The Balaban J connectivity index is 0.000000956. The molecule has 2 fully saturated rings. The summed E-state index contributed by atoms with van der Waals surface area (Å²) in [6, 6.07) is 0.797. The first-order chi connectivity index (χ1) is 9.70. The predicted molar refractivity (Wildman–Crippen MR) is 89.1 cm³/mol. The highest BCUT2D eigenvalue weighted by molar-refractivity contribution is 4.96. The van der Waals surface area contributed by atoms with Crippen molar-refractivity contribution in [2.45, 2.75) is 52.5 Å². The highest BCUT2D eigenvalue weighted by Gasteiger charge is 2.26. The molecule has 1 unspecified atom stereocenters. The zero-order chi connectivity index (χ0) is 15.0. The van der Waals surface area contributed by atoms with Crippen LogP contribution >= 0.6 is 0 Å². The molecule has 0 bridgehead atoms. The zero-order valence-electron chi connectivity index (χ0n) is 14.2. The Bertz CT molecular complexity index is 269. The quantitative estimate of drug-likeness (QED) is 0.784. The monoisotopic (exact) mass is 281 g/mol. The van der Waals surface area contributed by atoms with Gasteiger partial charge >= 0.3 is 0 Å². The summed E-state index contributed by atoms with van der Waals surface area (Å²) in [5, 5.41) is 0. The van der Waals surface area contributed by atoms with E-state index in [1.165, 1.54) is 64.2 Å². The lowest BCUT2D eigenvalue weighted by Crippen LogP contribution is -2.54. The van der Waals surface area contributed by atoms with E-state index in [-0.39, 0.29) is 0 Å². The Labute approximate surface area is 126 Å². The van der Waals surface area contributed by atoms with Crippen molar-refractivity contribution in [1.82, 2.24) is 14.7 Å². The van der Waals surface area contributed by atoms with E-state index in [2.05, 4.69) is 35.3 Å². The molecular formula is C17H35N3. The molecule has 0 amide bonds. The van der Waals surface area contributed by atoms with Crippen molar-refractivity contribution in [3.63, 3.8) is 0 Å². The van der Waals surface area contributed by atoms with Crippen LogP contribution in [0.2, 0.25) is 0 Å². The summed E-state index contributed by atoms with van der Waals surface area (Å²) in [6.45, 7) is 17.8. The fourth-order valence-corrected chi connectivity index (χ4v) is 3.29. The van der Waals surface area contributed by atoms with Crippen molar-refractivity contribution in [2.24, 2.45) is 0 Å². The summed E-state index contributed by atoms with van der Waals surface area (Å²) < 4.78 is 0. The predicted octanol–water partition coefficient (Wildman–Crippen LogP) is 3.04. The number of hydrogen-bond acceptors (Lipinski definition) is 3. The molecule has 0 aromatic heterocycles. The van der Waals surface area contributed by atoms with Crippen molar-refractivity contribution in [1.29, 1.82) is 0 Å². The fourth-order valence-electron chi connectivity index (χ4n) is 3.29. The molecule has 0 aliphatic carbocycles. The van der Waals surface area contributed by atoms with Crippen molar-refractivity contribution in [3.05, 3.63) is 12.3 Å². The van der Waals surface area contributed by atoms with E-state index in [0.717, 1.165) is 12.5 Å². The lowest BCUT2D eigenvalue weighted by atomic mass is 10.0. The Morgan fingerprint density at radius 2 is 1.75 bits per heavy atom. The molecule has 0 saturated carbocycles. The summed E-state index contributed by atoms with van der Waals surface area (Å²) >= 11 is 0. The number of likely N-dealkylation sites (N-methyl/N-ethyl adjacent to an activating group) is 1.